The summed E-state index contributed by atoms with van der Waals surface area (Å²) >= 11 is 1.66. The van der Waals surface area contributed by atoms with Crippen LogP contribution >= 0.6 is 11.8 Å². The van der Waals surface area contributed by atoms with Crippen molar-refractivity contribution >= 4 is 11.8 Å². The second kappa shape index (κ2) is 2.58. The molecule has 8 heavy (non-hydrogen) atoms. The monoisotopic (exact) mass is 123 g/mol. The summed E-state index contributed by atoms with van der Waals surface area (Å²) < 4.78 is 0. The van der Waals surface area contributed by atoms with Crippen LogP contribution in [-0.4, -0.2) is 5.75 Å². The maximum absolute atomic E-state index is 8.31. The Morgan fingerprint density at radius 2 is 2.62 bits per heavy atom. The van der Waals surface area contributed by atoms with Gasteiger partial charge in [0.05, 0.1) is 11.6 Å². The number of thioether (sulfide) groups is 1. The van der Waals surface area contributed by atoms with E-state index in [0.29, 0.717) is 0 Å². The summed E-state index contributed by atoms with van der Waals surface area (Å²) in [7, 11) is 0. The molecule has 1 aliphatic rings. The highest BCUT2D eigenvalue weighted by Crippen LogP contribution is 2.12. The van der Waals surface area contributed by atoms with Crippen LogP contribution in [0.25, 0.3) is 0 Å². The molecule has 0 saturated heterocycles. The molecule has 0 aromatic heterocycles. The maximum Gasteiger partial charge on any atom is 0.0996 e. The fraction of sp³-hybridized carbons (Fsp3) is 0.167. The van der Waals surface area contributed by atoms with E-state index in [1.165, 1.54) is 0 Å². The Hall–Kier alpha value is -0.680. The van der Waals surface area contributed by atoms with Crippen LogP contribution in [-0.2, 0) is 0 Å². The normalized spacial score (nSPS) is 17.1. The number of hydrogen-bond acceptors (Lipinski definition) is 2. The van der Waals surface area contributed by atoms with E-state index in [1.807, 2.05) is 17.6 Å². The lowest BCUT2D eigenvalue weighted by Gasteiger charge is -1.94. The number of nitriles is 1. The van der Waals surface area contributed by atoms with Gasteiger partial charge in [-0.2, -0.15) is 5.26 Å². The summed E-state index contributed by atoms with van der Waals surface area (Å²) in [6.07, 6.45) is 3.83. The summed E-state index contributed by atoms with van der Waals surface area (Å²) in [5.74, 6) is 1.01. The second-order valence-electron chi connectivity index (χ2n) is 1.42. The summed E-state index contributed by atoms with van der Waals surface area (Å²) in [6.45, 7) is 0. The van der Waals surface area contributed by atoms with Gasteiger partial charge in [0.2, 0.25) is 0 Å². The molecule has 1 aliphatic heterocycles. The fourth-order valence-electron chi connectivity index (χ4n) is 0.471. The molecule has 0 amide bonds. The Balaban J connectivity index is 2.68. The van der Waals surface area contributed by atoms with E-state index < -0.39 is 0 Å². The minimum absolute atomic E-state index is 0.765. The average molecular weight is 123 g/mol. The first-order valence-corrected chi connectivity index (χ1v) is 3.37. The minimum Gasteiger partial charge on any atom is -0.192 e. The smallest absolute Gasteiger partial charge is 0.0996 e. The largest absolute Gasteiger partial charge is 0.192 e. The first kappa shape index (κ1) is 5.46. The molecule has 0 fully saturated rings. The zero-order chi connectivity index (χ0) is 5.82. The molecule has 0 N–H and O–H groups in total. The van der Waals surface area contributed by atoms with Crippen LogP contribution in [0.5, 0.6) is 0 Å². The molecule has 1 rings (SSSR count). The molecule has 2 heteroatoms. The predicted octanol–water partition coefficient (Wildman–Crippen LogP) is 1.70. The molecular weight excluding hydrogens is 118 g/mol. The van der Waals surface area contributed by atoms with Crippen molar-refractivity contribution in [2.24, 2.45) is 0 Å². The van der Waals surface area contributed by atoms with Crippen LogP contribution in [0.3, 0.4) is 0 Å². The zero-order valence-corrected chi connectivity index (χ0v) is 5.11. The van der Waals surface area contributed by atoms with Crippen LogP contribution in [0.15, 0.2) is 23.1 Å². The first-order chi connectivity index (χ1) is 3.93. The van der Waals surface area contributed by atoms with Crippen LogP contribution in [0.4, 0.5) is 0 Å². The van der Waals surface area contributed by atoms with Gasteiger partial charge < -0.3 is 0 Å². The highest BCUT2D eigenvalue weighted by molar-refractivity contribution is 8.02. The molecule has 0 bridgehead atoms. The maximum atomic E-state index is 8.31. The number of rotatable bonds is 0. The highest BCUT2D eigenvalue weighted by Gasteiger charge is 1.91. The minimum atomic E-state index is 0.765. The molecule has 40 valence electrons. The molecule has 1 heterocycles. The van der Waals surface area contributed by atoms with E-state index in [4.69, 9.17) is 5.26 Å². The van der Waals surface area contributed by atoms with Crippen molar-refractivity contribution in [3.63, 3.8) is 0 Å². The molecular formula is C6H5NS. The predicted molar refractivity (Wildman–Crippen MR) is 35.3 cm³/mol. The van der Waals surface area contributed by atoms with Gasteiger partial charge in [-0.3, -0.25) is 0 Å². The lowest BCUT2D eigenvalue weighted by Crippen LogP contribution is -1.77. The molecule has 0 atom stereocenters. The van der Waals surface area contributed by atoms with Crippen molar-refractivity contribution in [3.05, 3.63) is 23.1 Å². The highest BCUT2D eigenvalue weighted by atomic mass is 32.2. The Labute approximate surface area is 52.7 Å². The molecule has 0 saturated carbocycles. The SMILES string of the molecule is N#CC1=CSCC=C1. The number of hydrogen-bond donors (Lipinski definition) is 0. The zero-order valence-electron chi connectivity index (χ0n) is 4.29. The molecule has 0 radical (unpaired) electrons. The van der Waals surface area contributed by atoms with Crippen molar-refractivity contribution < 1.29 is 0 Å². The van der Waals surface area contributed by atoms with Crippen molar-refractivity contribution in [3.8, 4) is 6.07 Å². The van der Waals surface area contributed by atoms with Crippen LogP contribution in [0, 0.1) is 11.3 Å². The van der Waals surface area contributed by atoms with E-state index in [0.717, 1.165) is 11.3 Å². The summed E-state index contributed by atoms with van der Waals surface area (Å²) in [5.41, 5.74) is 0.765. The molecule has 1 nitrogen and oxygen atoms in total. The number of allylic oxidation sites excluding steroid dienone is 2. The van der Waals surface area contributed by atoms with Crippen LogP contribution in [0.1, 0.15) is 0 Å². The third kappa shape index (κ3) is 1.14. The molecule has 0 spiro atoms. The lowest BCUT2D eigenvalue weighted by molar-refractivity contribution is 1.49. The Morgan fingerprint density at radius 1 is 1.75 bits per heavy atom. The third-order valence-corrected chi connectivity index (χ3v) is 1.63. The van der Waals surface area contributed by atoms with E-state index in [9.17, 15) is 0 Å². The third-order valence-electron chi connectivity index (χ3n) is 0.829. The van der Waals surface area contributed by atoms with Gasteiger partial charge in [0, 0.05) is 5.75 Å². The average Bonchev–Trinajstić information content (AvgIpc) is 1.90. The fourth-order valence-corrected chi connectivity index (χ4v) is 1.09. The molecule has 0 unspecified atom stereocenters. The lowest BCUT2D eigenvalue weighted by atomic mass is 10.3. The van der Waals surface area contributed by atoms with Gasteiger partial charge >= 0.3 is 0 Å². The summed E-state index contributed by atoms with van der Waals surface area (Å²) in [5, 5.41) is 10.2. The van der Waals surface area contributed by atoms with E-state index in [2.05, 4.69) is 6.07 Å². The Bertz CT molecular complexity index is 173. The van der Waals surface area contributed by atoms with Crippen molar-refractivity contribution in [1.82, 2.24) is 0 Å². The second-order valence-corrected chi connectivity index (χ2v) is 2.32. The first-order valence-electron chi connectivity index (χ1n) is 2.32. The van der Waals surface area contributed by atoms with Crippen molar-refractivity contribution in [2.75, 3.05) is 5.75 Å². The van der Waals surface area contributed by atoms with Gasteiger partial charge in [0.15, 0.2) is 0 Å². The van der Waals surface area contributed by atoms with Gasteiger partial charge in [-0.1, -0.05) is 6.08 Å². The Morgan fingerprint density at radius 3 is 3.00 bits per heavy atom. The van der Waals surface area contributed by atoms with Gasteiger partial charge in [-0.25, -0.2) is 0 Å². The van der Waals surface area contributed by atoms with E-state index >= 15 is 0 Å². The molecule has 0 aromatic rings. The molecule has 0 aliphatic carbocycles. The van der Waals surface area contributed by atoms with Crippen LogP contribution in [0.2, 0.25) is 0 Å². The van der Waals surface area contributed by atoms with Gasteiger partial charge in [0.25, 0.3) is 0 Å². The van der Waals surface area contributed by atoms with Gasteiger partial charge in [0.1, 0.15) is 0 Å². The number of nitrogens with zero attached hydrogens (tertiary/aromatic N) is 1. The summed E-state index contributed by atoms with van der Waals surface area (Å²) in [6, 6.07) is 2.06. The van der Waals surface area contributed by atoms with Crippen LogP contribution < -0.4 is 0 Å². The van der Waals surface area contributed by atoms with Crippen molar-refractivity contribution in [2.45, 2.75) is 0 Å². The van der Waals surface area contributed by atoms with E-state index in [-0.39, 0.29) is 0 Å². The van der Waals surface area contributed by atoms with Gasteiger partial charge in [-0.15, -0.1) is 11.8 Å². The molecule has 0 aromatic carbocycles. The Kier molecular flexibility index (Phi) is 1.76. The summed E-state index contributed by atoms with van der Waals surface area (Å²) in [4.78, 5) is 0. The van der Waals surface area contributed by atoms with E-state index in [1.54, 1.807) is 11.8 Å². The van der Waals surface area contributed by atoms with Gasteiger partial charge in [-0.05, 0) is 11.5 Å². The standard InChI is InChI=1S/C6H5NS/c7-4-6-2-1-3-8-5-6/h1-2,5H,3H2. The topological polar surface area (TPSA) is 23.8 Å². The van der Waals surface area contributed by atoms with Crippen molar-refractivity contribution in [1.29, 1.82) is 5.26 Å². The quantitative estimate of drug-likeness (QED) is 0.489.